The van der Waals surface area contributed by atoms with Gasteiger partial charge in [0.25, 0.3) is 0 Å². The smallest absolute Gasteiger partial charge is 0.165 e. The maximum Gasteiger partial charge on any atom is 0.165 e. The van der Waals surface area contributed by atoms with Crippen LogP contribution < -0.4 is 0 Å². The van der Waals surface area contributed by atoms with Gasteiger partial charge >= 0.3 is 0 Å². The largest absolute Gasteiger partial charge is 0.288 e. The number of fused-ring (bicyclic) bond motifs is 1. The molecule has 0 fully saturated rings. The quantitative estimate of drug-likeness (QED) is 0.484. The van der Waals surface area contributed by atoms with Crippen molar-refractivity contribution in [3.05, 3.63) is 65.0 Å². The minimum absolute atomic E-state index is 0.110. The Morgan fingerprint density at radius 1 is 1.07 bits per heavy atom. The van der Waals surface area contributed by atoms with Crippen molar-refractivity contribution < 1.29 is 0 Å². The van der Waals surface area contributed by atoms with E-state index in [9.17, 15) is 0 Å². The Bertz CT molecular complexity index is 1150. The molecule has 0 saturated heterocycles. The van der Waals surface area contributed by atoms with E-state index < -0.39 is 0 Å². The summed E-state index contributed by atoms with van der Waals surface area (Å²) in [7, 11) is 0. The van der Waals surface area contributed by atoms with E-state index in [2.05, 4.69) is 31.8 Å². The molecule has 0 unspecified atom stereocenters. The first-order valence-electron chi connectivity index (χ1n) is 8.93. The second kappa shape index (κ2) is 6.20. The van der Waals surface area contributed by atoms with Crippen molar-refractivity contribution in [1.29, 1.82) is 0 Å². The molecule has 0 aliphatic heterocycles. The predicted octanol–water partition coefficient (Wildman–Crippen LogP) is 5.15. The first-order chi connectivity index (χ1) is 12.8. The van der Waals surface area contributed by atoms with E-state index in [0.717, 1.165) is 39.8 Å². The molecule has 1 aromatic carbocycles. The highest BCUT2D eigenvalue weighted by Crippen LogP contribution is 2.35. The summed E-state index contributed by atoms with van der Waals surface area (Å²) in [6.07, 6.45) is 3.74. The fourth-order valence-electron chi connectivity index (χ4n) is 3.26. The zero-order valence-electron chi connectivity index (χ0n) is 16.2. The fourth-order valence-corrected chi connectivity index (χ4v) is 3.49. The van der Waals surface area contributed by atoms with Crippen LogP contribution in [0.2, 0.25) is 5.02 Å². The molecule has 0 radical (unpaired) electrons. The van der Waals surface area contributed by atoms with Gasteiger partial charge in [0.15, 0.2) is 5.65 Å². The molecule has 5 nitrogen and oxygen atoms in total. The number of aromatic nitrogens is 5. The van der Waals surface area contributed by atoms with Crippen molar-refractivity contribution in [1.82, 2.24) is 24.1 Å². The summed E-state index contributed by atoms with van der Waals surface area (Å²) < 4.78 is 3.92. The van der Waals surface area contributed by atoms with Gasteiger partial charge < -0.3 is 0 Å². The van der Waals surface area contributed by atoms with Crippen LogP contribution >= 0.6 is 11.6 Å². The highest BCUT2D eigenvalue weighted by molar-refractivity contribution is 6.33. The molecule has 0 aliphatic carbocycles. The summed E-state index contributed by atoms with van der Waals surface area (Å²) in [5, 5.41) is 5.49. The van der Waals surface area contributed by atoms with Crippen LogP contribution in [0.15, 0.2) is 42.7 Å². The Morgan fingerprint density at radius 3 is 2.44 bits per heavy atom. The molecule has 6 heteroatoms. The van der Waals surface area contributed by atoms with E-state index in [1.165, 1.54) is 0 Å². The number of nitrogens with zero attached hydrogens (tertiary/aromatic N) is 5. The van der Waals surface area contributed by atoms with Crippen molar-refractivity contribution in [2.24, 2.45) is 0 Å². The molecule has 0 spiro atoms. The average molecular weight is 380 g/mol. The maximum absolute atomic E-state index is 6.50. The van der Waals surface area contributed by atoms with Gasteiger partial charge in [-0.25, -0.2) is 9.97 Å². The molecule has 0 amide bonds. The Hall–Kier alpha value is -2.66. The van der Waals surface area contributed by atoms with Crippen LogP contribution in [0, 0.1) is 13.8 Å². The van der Waals surface area contributed by atoms with Gasteiger partial charge in [0.1, 0.15) is 11.6 Å². The van der Waals surface area contributed by atoms with Gasteiger partial charge in [0.05, 0.1) is 17.0 Å². The number of benzene rings is 1. The Balaban J connectivity index is 2.13. The number of imidazole rings is 1. The number of halogens is 1. The number of hydrogen-bond donors (Lipinski definition) is 0. The van der Waals surface area contributed by atoms with Crippen LogP contribution in [-0.2, 0) is 5.41 Å². The third kappa shape index (κ3) is 2.92. The second-order valence-electron chi connectivity index (χ2n) is 7.77. The third-order valence-electron chi connectivity index (χ3n) is 4.73. The second-order valence-corrected chi connectivity index (χ2v) is 8.18. The topological polar surface area (TPSA) is 48.0 Å². The average Bonchev–Trinajstić information content (AvgIpc) is 3.16. The lowest BCUT2D eigenvalue weighted by Crippen LogP contribution is -2.17. The first kappa shape index (κ1) is 17.7. The minimum Gasteiger partial charge on any atom is -0.288 e. The molecule has 27 heavy (non-hydrogen) atoms. The van der Waals surface area contributed by atoms with E-state index in [4.69, 9.17) is 21.7 Å². The van der Waals surface area contributed by atoms with Gasteiger partial charge in [0.2, 0.25) is 0 Å². The van der Waals surface area contributed by atoms with Gasteiger partial charge in [-0.1, -0.05) is 50.6 Å². The molecule has 0 aliphatic rings. The van der Waals surface area contributed by atoms with E-state index in [-0.39, 0.29) is 5.41 Å². The normalized spacial score (nSPS) is 12.1. The van der Waals surface area contributed by atoms with Crippen molar-refractivity contribution >= 4 is 17.2 Å². The van der Waals surface area contributed by atoms with E-state index in [1.807, 2.05) is 53.4 Å². The molecule has 138 valence electrons. The van der Waals surface area contributed by atoms with Crippen LogP contribution in [0.3, 0.4) is 0 Å². The van der Waals surface area contributed by atoms with Crippen molar-refractivity contribution in [2.45, 2.75) is 40.0 Å². The molecule has 3 heterocycles. The highest BCUT2D eigenvalue weighted by atomic mass is 35.5. The molecule has 4 aromatic rings. The van der Waals surface area contributed by atoms with Crippen LogP contribution in [0.4, 0.5) is 0 Å². The molecule has 0 saturated carbocycles. The van der Waals surface area contributed by atoms with Crippen molar-refractivity contribution in [3.8, 4) is 16.9 Å². The summed E-state index contributed by atoms with van der Waals surface area (Å²) in [5.74, 6) is 1.82. The van der Waals surface area contributed by atoms with E-state index in [1.54, 1.807) is 6.20 Å². The standard InChI is InChI=1S/C21H22ClN5/c1-13-19(15-8-6-7-9-16(15)22)20-24-17(21(3,4)5)12-18(27(20)25-13)26-11-10-23-14(26)2/h6-12H,1-5H3. The van der Waals surface area contributed by atoms with E-state index >= 15 is 0 Å². The van der Waals surface area contributed by atoms with Crippen LogP contribution in [-0.4, -0.2) is 24.1 Å². The Labute approximate surface area is 163 Å². The summed E-state index contributed by atoms with van der Waals surface area (Å²) in [6, 6.07) is 9.92. The lowest BCUT2D eigenvalue weighted by atomic mass is 9.92. The summed E-state index contributed by atoms with van der Waals surface area (Å²) >= 11 is 6.50. The van der Waals surface area contributed by atoms with Crippen LogP contribution in [0.5, 0.6) is 0 Å². The van der Waals surface area contributed by atoms with Gasteiger partial charge in [-0.05, 0) is 19.9 Å². The lowest BCUT2D eigenvalue weighted by molar-refractivity contribution is 0.566. The minimum atomic E-state index is -0.110. The molecule has 0 bridgehead atoms. The predicted molar refractivity (Wildman–Crippen MR) is 109 cm³/mol. The van der Waals surface area contributed by atoms with Gasteiger partial charge in [-0.2, -0.15) is 9.61 Å². The monoisotopic (exact) mass is 379 g/mol. The summed E-state index contributed by atoms with van der Waals surface area (Å²) in [5.41, 5.74) is 4.48. The Kier molecular flexibility index (Phi) is 4.07. The van der Waals surface area contributed by atoms with Crippen molar-refractivity contribution in [3.63, 3.8) is 0 Å². The summed E-state index contributed by atoms with van der Waals surface area (Å²) in [6.45, 7) is 10.5. The lowest BCUT2D eigenvalue weighted by Gasteiger charge is -2.20. The Morgan fingerprint density at radius 2 is 1.81 bits per heavy atom. The molecule has 4 rings (SSSR count). The molecule has 0 N–H and O–H groups in total. The summed E-state index contributed by atoms with van der Waals surface area (Å²) in [4.78, 5) is 9.37. The van der Waals surface area contributed by atoms with Crippen LogP contribution in [0.25, 0.3) is 22.6 Å². The molecular weight excluding hydrogens is 358 g/mol. The van der Waals surface area contributed by atoms with Gasteiger partial charge in [-0.15, -0.1) is 0 Å². The number of aryl methyl sites for hydroxylation is 2. The zero-order valence-corrected chi connectivity index (χ0v) is 16.9. The van der Waals surface area contributed by atoms with Gasteiger partial charge in [0, 0.05) is 34.5 Å². The third-order valence-corrected chi connectivity index (χ3v) is 5.06. The fraction of sp³-hybridized carbons (Fsp3) is 0.286. The SMILES string of the molecule is Cc1nn2c(-n3ccnc3C)cc(C(C)(C)C)nc2c1-c1ccccc1Cl. The number of hydrogen-bond acceptors (Lipinski definition) is 3. The van der Waals surface area contributed by atoms with Crippen molar-refractivity contribution in [2.75, 3.05) is 0 Å². The zero-order chi connectivity index (χ0) is 19.3. The molecular formula is C21H22ClN5. The molecule has 3 aromatic heterocycles. The maximum atomic E-state index is 6.50. The number of rotatable bonds is 2. The highest BCUT2D eigenvalue weighted by Gasteiger charge is 2.23. The van der Waals surface area contributed by atoms with E-state index in [0.29, 0.717) is 5.02 Å². The molecule has 0 atom stereocenters. The first-order valence-corrected chi connectivity index (χ1v) is 9.31. The van der Waals surface area contributed by atoms with Crippen LogP contribution in [0.1, 0.15) is 38.0 Å². The van der Waals surface area contributed by atoms with Gasteiger partial charge in [-0.3, -0.25) is 4.57 Å².